The minimum atomic E-state index is -0.221. The largest absolute Gasteiger partial charge is 0.496 e. The number of ether oxygens (including phenoxy) is 3. The molecule has 0 aliphatic carbocycles. The van der Waals surface area contributed by atoms with Crippen molar-refractivity contribution in [2.75, 3.05) is 14.2 Å². The fourth-order valence-electron chi connectivity index (χ4n) is 4.10. The molecule has 6 aromatic rings. The summed E-state index contributed by atoms with van der Waals surface area (Å²) in [7, 11) is 3.17. The van der Waals surface area contributed by atoms with Gasteiger partial charge in [-0.25, -0.2) is 13.9 Å². The monoisotopic (exact) mass is 515 g/mol. The van der Waals surface area contributed by atoms with E-state index in [1.165, 1.54) is 11.3 Å². The van der Waals surface area contributed by atoms with Gasteiger partial charge in [0.1, 0.15) is 35.2 Å². The van der Waals surface area contributed by atoms with Crippen LogP contribution in [0.15, 0.2) is 71.3 Å². The maximum atomic E-state index is 14.1. The van der Waals surface area contributed by atoms with Crippen LogP contribution in [0, 0.1) is 12.7 Å². The summed E-state index contributed by atoms with van der Waals surface area (Å²) in [4.78, 5) is 5.31. The number of halogens is 1. The normalized spacial score (nSPS) is 11.4. The van der Waals surface area contributed by atoms with E-state index in [1.807, 2.05) is 48.5 Å². The number of aromatic nitrogens is 3. The molecule has 9 heteroatoms. The molecule has 0 N–H and O–H groups in total. The highest BCUT2D eigenvalue weighted by molar-refractivity contribution is 7.18. The second kappa shape index (κ2) is 9.25. The van der Waals surface area contributed by atoms with Crippen LogP contribution < -0.4 is 14.2 Å². The molecular formula is C28H22FN3O4S. The highest BCUT2D eigenvalue weighted by Gasteiger charge is 2.17. The van der Waals surface area contributed by atoms with Crippen molar-refractivity contribution in [3.63, 3.8) is 0 Å². The Hall–Kier alpha value is -4.37. The van der Waals surface area contributed by atoms with Gasteiger partial charge in [-0.2, -0.15) is 0 Å². The second-order valence-corrected chi connectivity index (χ2v) is 9.44. The van der Waals surface area contributed by atoms with Gasteiger partial charge in [-0.1, -0.05) is 30.3 Å². The molecule has 3 heterocycles. The van der Waals surface area contributed by atoms with E-state index in [1.54, 1.807) is 44.0 Å². The summed E-state index contributed by atoms with van der Waals surface area (Å²) in [6.07, 6.45) is 1.79. The minimum Gasteiger partial charge on any atom is -0.496 e. The zero-order valence-corrected chi connectivity index (χ0v) is 21.1. The van der Waals surface area contributed by atoms with E-state index in [4.69, 9.17) is 18.6 Å². The van der Waals surface area contributed by atoms with Crippen molar-refractivity contribution in [2.24, 2.45) is 0 Å². The fraction of sp³-hybridized carbons (Fsp3) is 0.143. The number of hydrogen-bond donors (Lipinski definition) is 0. The van der Waals surface area contributed by atoms with E-state index in [9.17, 15) is 4.39 Å². The van der Waals surface area contributed by atoms with Crippen LogP contribution in [0.1, 0.15) is 11.1 Å². The van der Waals surface area contributed by atoms with E-state index in [0.717, 1.165) is 22.1 Å². The van der Waals surface area contributed by atoms with Gasteiger partial charge in [0.15, 0.2) is 5.76 Å². The first kappa shape index (κ1) is 23.1. The van der Waals surface area contributed by atoms with Crippen LogP contribution in [0.5, 0.6) is 16.7 Å². The van der Waals surface area contributed by atoms with Gasteiger partial charge >= 0.3 is 0 Å². The third-order valence-corrected chi connectivity index (χ3v) is 6.97. The maximum absolute atomic E-state index is 14.1. The molecule has 0 aliphatic rings. The number of methoxy groups -OCH3 is 2. The molecule has 3 aromatic heterocycles. The Kier molecular flexibility index (Phi) is 5.77. The molecule has 0 bridgehead atoms. The van der Waals surface area contributed by atoms with Crippen molar-refractivity contribution in [1.29, 1.82) is 0 Å². The fourth-order valence-corrected chi connectivity index (χ4v) is 4.80. The van der Waals surface area contributed by atoms with E-state index in [2.05, 4.69) is 10.1 Å². The van der Waals surface area contributed by atoms with Crippen molar-refractivity contribution in [1.82, 2.24) is 14.6 Å². The molecular weight excluding hydrogens is 493 g/mol. The van der Waals surface area contributed by atoms with Crippen molar-refractivity contribution in [3.8, 4) is 39.3 Å². The lowest BCUT2D eigenvalue weighted by atomic mass is 10.0. The van der Waals surface area contributed by atoms with Gasteiger partial charge in [0.25, 0.3) is 5.19 Å². The van der Waals surface area contributed by atoms with Crippen LogP contribution in [-0.2, 0) is 6.61 Å². The van der Waals surface area contributed by atoms with Crippen LogP contribution in [0.4, 0.5) is 4.39 Å². The SMILES string of the molecule is COc1cc(OCc2cccc(-c3ccc(C)c(F)c3)c2)c2cc(-c3cn4nc(OC)sc4n3)oc2c1. The van der Waals surface area contributed by atoms with Crippen LogP contribution in [-0.4, -0.2) is 28.8 Å². The number of aryl methyl sites for hydroxylation is 1. The lowest BCUT2D eigenvalue weighted by Gasteiger charge is -2.11. The Morgan fingerprint density at radius 2 is 1.86 bits per heavy atom. The summed E-state index contributed by atoms with van der Waals surface area (Å²) in [5.41, 5.74) is 4.59. The van der Waals surface area contributed by atoms with E-state index < -0.39 is 0 Å². The van der Waals surface area contributed by atoms with Crippen molar-refractivity contribution in [2.45, 2.75) is 13.5 Å². The zero-order chi connectivity index (χ0) is 25.5. The van der Waals surface area contributed by atoms with Crippen LogP contribution in [0.25, 0.3) is 38.5 Å². The Morgan fingerprint density at radius 3 is 2.65 bits per heavy atom. The van der Waals surface area contributed by atoms with Crippen LogP contribution in [0.3, 0.4) is 0 Å². The molecule has 7 nitrogen and oxygen atoms in total. The molecule has 0 spiro atoms. The smallest absolute Gasteiger partial charge is 0.294 e. The average Bonchev–Trinajstić information content (AvgIpc) is 3.62. The Labute approximate surface area is 215 Å². The number of fused-ring (bicyclic) bond motifs is 2. The van der Waals surface area contributed by atoms with Crippen LogP contribution in [0.2, 0.25) is 0 Å². The molecule has 0 fully saturated rings. The summed E-state index contributed by atoms with van der Waals surface area (Å²) in [5.74, 6) is 1.61. The first-order valence-corrected chi connectivity index (χ1v) is 12.3. The zero-order valence-electron chi connectivity index (χ0n) is 20.3. The quantitative estimate of drug-likeness (QED) is 0.230. The number of rotatable bonds is 7. The molecule has 3 aromatic carbocycles. The van der Waals surface area contributed by atoms with Gasteiger partial charge in [-0.3, -0.25) is 0 Å². The van der Waals surface area contributed by atoms with Crippen LogP contribution >= 0.6 is 11.3 Å². The molecule has 0 saturated carbocycles. The third-order valence-electron chi connectivity index (χ3n) is 6.09. The van der Waals surface area contributed by atoms with Crippen molar-refractivity contribution in [3.05, 3.63) is 83.8 Å². The highest BCUT2D eigenvalue weighted by Crippen LogP contribution is 2.37. The van der Waals surface area contributed by atoms with Gasteiger partial charge in [0.2, 0.25) is 4.96 Å². The van der Waals surface area contributed by atoms with Gasteiger partial charge in [0.05, 0.1) is 25.8 Å². The van der Waals surface area contributed by atoms with E-state index in [-0.39, 0.29) is 5.82 Å². The number of furan rings is 1. The van der Waals surface area contributed by atoms with Gasteiger partial charge < -0.3 is 18.6 Å². The topological polar surface area (TPSA) is 71.0 Å². The summed E-state index contributed by atoms with van der Waals surface area (Å²) in [5, 5.41) is 5.66. The molecule has 0 atom stereocenters. The number of hydrogen-bond acceptors (Lipinski definition) is 7. The molecule has 0 unspecified atom stereocenters. The molecule has 0 amide bonds. The molecule has 0 saturated heterocycles. The van der Waals surface area contributed by atoms with E-state index in [0.29, 0.717) is 50.9 Å². The maximum Gasteiger partial charge on any atom is 0.294 e. The molecule has 0 radical (unpaired) electrons. The summed E-state index contributed by atoms with van der Waals surface area (Å²) in [6.45, 7) is 2.07. The summed E-state index contributed by atoms with van der Waals surface area (Å²) < 4.78 is 38.8. The van der Waals surface area contributed by atoms with E-state index >= 15 is 0 Å². The predicted octanol–water partition coefficient (Wildman–Crippen LogP) is 6.91. The lowest BCUT2D eigenvalue weighted by Crippen LogP contribution is -1.97. The summed E-state index contributed by atoms with van der Waals surface area (Å²) >= 11 is 1.35. The second-order valence-electron chi connectivity index (χ2n) is 8.53. The number of imidazole rings is 1. The molecule has 186 valence electrons. The molecule has 37 heavy (non-hydrogen) atoms. The first-order valence-electron chi connectivity index (χ1n) is 11.5. The minimum absolute atomic E-state index is 0.221. The number of benzene rings is 3. The standard InChI is InChI=1S/C28H22FN3O4S/c1-16-7-8-19(10-22(16)29)18-6-4-5-17(9-18)15-35-24-11-20(33-2)12-25-21(24)13-26(36-25)23-14-32-27(30-23)37-28(31-32)34-3/h4-14H,15H2,1-3H3. The van der Waals surface area contributed by atoms with Gasteiger partial charge in [0, 0.05) is 12.1 Å². The van der Waals surface area contributed by atoms with Gasteiger partial charge in [-0.15, -0.1) is 5.10 Å². The highest BCUT2D eigenvalue weighted by atomic mass is 32.1. The Bertz CT molecular complexity index is 1720. The van der Waals surface area contributed by atoms with Crippen molar-refractivity contribution < 1.29 is 23.0 Å². The number of nitrogens with zero attached hydrogens (tertiary/aromatic N) is 3. The summed E-state index contributed by atoms with van der Waals surface area (Å²) in [6, 6.07) is 18.7. The predicted molar refractivity (Wildman–Crippen MR) is 140 cm³/mol. The Balaban J connectivity index is 1.30. The lowest BCUT2D eigenvalue weighted by molar-refractivity contribution is 0.307. The average molecular weight is 516 g/mol. The molecule has 6 rings (SSSR count). The van der Waals surface area contributed by atoms with Gasteiger partial charge in [-0.05, 0) is 58.7 Å². The van der Waals surface area contributed by atoms with Crippen molar-refractivity contribution >= 4 is 27.3 Å². The first-order chi connectivity index (χ1) is 18.0. The Morgan fingerprint density at radius 1 is 1.00 bits per heavy atom. The molecule has 0 aliphatic heterocycles. The third kappa shape index (κ3) is 4.38.